The summed E-state index contributed by atoms with van der Waals surface area (Å²) in [6.07, 6.45) is 1.81. The minimum atomic E-state index is -0.978. The Labute approximate surface area is 108 Å². The lowest BCUT2D eigenvalue weighted by Crippen LogP contribution is -2.28. The first kappa shape index (κ1) is 13.3. The van der Waals surface area contributed by atoms with Gasteiger partial charge in [0.15, 0.2) is 0 Å². The fourth-order valence-electron chi connectivity index (χ4n) is 1.31. The molecule has 0 aliphatic carbocycles. The summed E-state index contributed by atoms with van der Waals surface area (Å²) in [5.74, 6) is -0.978. The largest absolute Gasteiger partial charge is 0.480 e. The Morgan fingerprint density at radius 3 is 2.94 bits per heavy atom. The molecule has 1 aromatic rings. The number of anilines is 1. The molecule has 17 heavy (non-hydrogen) atoms. The number of carboxylic acid groups (broad SMARTS) is 1. The maximum atomic E-state index is 11.0. The van der Waals surface area contributed by atoms with E-state index in [4.69, 9.17) is 10.4 Å². The fraction of sp³-hybridized carbons (Fsp3) is 0.167. The van der Waals surface area contributed by atoms with Gasteiger partial charge in [0, 0.05) is 4.47 Å². The van der Waals surface area contributed by atoms with Crippen molar-refractivity contribution < 1.29 is 9.90 Å². The zero-order valence-corrected chi connectivity index (χ0v) is 10.6. The van der Waals surface area contributed by atoms with Crippen molar-refractivity contribution in [2.75, 3.05) is 5.32 Å². The van der Waals surface area contributed by atoms with Crippen molar-refractivity contribution in [1.82, 2.24) is 0 Å². The third-order valence-corrected chi connectivity index (χ3v) is 2.63. The van der Waals surface area contributed by atoms with Crippen LogP contribution in [0.3, 0.4) is 0 Å². The molecule has 1 aromatic carbocycles. The van der Waals surface area contributed by atoms with Crippen LogP contribution in [0.1, 0.15) is 12.0 Å². The molecule has 0 saturated heterocycles. The fourth-order valence-corrected chi connectivity index (χ4v) is 1.67. The summed E-state index contributed by atoms with van der Waals surface area (Å²) >= 11 is 3.27. The van der Waals surface area contributed by atoms with Crippen LogP contribution in [0.5, 0.6) is 0 Å². The highest BCUT2D eigenvalue weighted by molar-refractivity contribution is 9.10. The molecule has 4 nitrogen and oxygen atoms in total. The van der Waals surface area contributed by atoms with Crippen LogP contribution in [0.25, 0.3) is 0 Å². The summed E-state index contributed by atoms with van der Waals surface area (Å²) in [5.41, 5.74) is 0.902. The van der Waals surface area contributed by atoms with Gasteiger partial charge in [-0.25, -0.2) is 4.79 Å². The van der Waals surface area contributed by atoms with E-state index in [1.165, 1.54) is 6.08 Å². The van der Waals surface area contributed by atoms with Gasteiger partial charge < -0.3 is 10.4 Å². The van der Waals surface area contributed by atoms with Crippen LogP contribution in [0.2, 0.25) is 0 Å². The number of nitrogens with one attached hydrogen (secondary N) is 1. The van der Waals surface area contributed by atoms with Gasteiger partial charge in [0.05, 0.1) is 11.3 Å². The Bertz CT molecular complexity index is 480. The molecule has 0 heterocycles. The predicted molar refractivity (Wildman–Crippen MR) is 68.7 cm³/mol. The monoisotopic (exact) mass is 294 g/mol. The van der Waals surface area contributed by atoms with Crippen molar-refractivity contribution in [3.8, 4) is 6.07 Å². The maximum absolute atomic E-state index is 11.0. The SMILES string of the molecule is C=CCC(Nc1cc(Br)ccc1C#N)C(=O)O. The normalized spacial score (nSPS) is 11.3. The first-order valence-corrected chi connectivity index (χ1v) is 5.67. The molecule has 0 radical (unpaired) electrons. The van der Waals surface area contributed by atoms with E-state index in [9.17, 15) is 4.79 Å². The molecular weight excluding hydrogens is 284 g/mol. The highest BCUT2D eigenvalue weighted by Crippen LogP contribution is 2.22. The molecule has 0 bridgehead atoms. The average Bonchev–Trinajstić information content (AvgIpc) is 2.28. The van der Waals surface area contributed by atoms with E-state index < -0.39 is 12.0 Å². The standard InChI is InChI=1S/C12H11BrN2O2/c1-2-3-10(12(16)17)15-11-6-9(13)5-4-8(11)7-14/h2,4-6,10,15H,1,3H2,(H,16,17). The summed E-state index contributed by atoms with van der Waals surface area (Å²) in [7, 11) is 0. The predicted octanol–water partition coefficient (Wildman–Crippen LogP) is 2.76. The number of nitrogens with zero attached hydrogens (tertiary/aromatic N) is 1. The lowest BCUT2D eigenvalue weighted by molar-refractivity contribution is -0.137. The van der Waals surface area contributed by atoms with Gasteiger partial charge in [0.25, 0.3) is 0 Å². The molecule has 1 unspecified atom stereocenters. The molecule has 0 aromatic heterocycles. The van der Waals surface area contributed by atoms with E-state index in [0.29, 0.717) is 11.3 Å². The second kappa shape index (κ2) is 6.06. The number of rotatable bonds is 5. The number of hydrogen-bond acceptors (Lipinski definition) is 3. The smallest absolute Gasteiger partial charge is 0.326 e. The van der Waals surface area contributed by atoms with E-state index in [0.717, 1.165) is 4.47 Å². The Balaban J connectivity index is 3.00. The van der Waals surface area contributed by atoms with Crippen LogP contribution >= 0.6 is 15.9 Å². The third kappa shape index (κ3) is 3.61. The third-order valence-electron chi connectivity index (χ3n) is 2.13. The summed E-state index contributed by atoms with van der Waals surface area (Å²) in [6, 6.07) is 6.26. The Hall–Kier alpha value is -1.80. The summed E-state index contributed by atoms with van der Waals surface area (Å²) in [6.45, 7) is 3.51. The number of halogens is 1. The highest BCUT2D eigenvalue weighted by Gasteiger charge is 2.16. The lowest BCUT2D eigenvalue weighted by Gasteiger charge is -2.15. The summed E-state index contributed by atoms with van der Waals surface area (Å²) in [4.78, 5) is 11.0. The molecule has 0 aliphatic rings. The molecular formula is C12H11BrN2O2. The topological polar surface area (TPSA) is 73.1 Å². The minimum Gasteiger partial charge on any atom is -0.480 e. The minimum absolute atomic E-state index is 0.284. The molecule has 0 fully saturated rings. The van der Waals surface area contributed by atoms with Crippen molar-refractivity contribution in [2.24, 2.45) is 0 Å². The number of carbonyl (C=O) groups is 1. The lowest BCUT2D eigenvalue weighted by atomic mass is 10.1. The van der Waals surface area contributed by atoms with E-state index in [1.54, 1.807) is 18.2 Å². The van der Waals surface area contributed by atoms with Crippen molar-refractivity contribution in [2.45, 2.75) is 12.5 Å². The number of benzene rings is 1. The Kier molecular flexibility index (Phi) is 4.73. The van der Waals surface area contributed by atoms with E-state index in [-0.39, 0.29) is 6.42 Å². The maximum Gasteiger partial charge on any atom is 0.326 e. The Morgan fingerprint density at radius 2 is 2.41 bits per heavy atom. The van der Waals surface area contributed by atoms with Crippen LogP contribution in [-0.4, -0.2) is 17.1 Å². The van der Waals surface area contributed by atoms with Gasteiger partial charge in [-0.2, -0.15) is 5.26 Å². The van der Waals surface area contributed by atoms with Gasteiger partial charge in [0.1, 0.15) is 12.1 Å². The molecule has 0 amide bonds. The molecule has 0 spiro atoms. The van der Waals surface area contributed by atoms with Crippen LogP contribution in [-0.2, 0) is 4.79 Å². The van der Waals surface area contributed by atoms with E-state index in [1.807, 2.05) is 6.07 Å². The molecule has 1 atom stereocenters. The molecule has 5 heteroatoms. The average molecular weight is 295 g/mol. The van der Waals surface area contributed by atoms with Crippen LogP contribution < -0.4 is 5.32 Å². The van der Waals surface area contributed by atoms with Crippen molar-refractivity contribution in [3.63, 3.8) is 0 Å². The quantitative estimate of drug-likeness (QED) is 0.819. The van der Waals surface area contributed by atoms with Gasteiger partial charge in [0.2, 0.25) is 0 Å². The van der Waals surface area contributed by atoms with Crippen LogP contribution in [0.4, 0.5) is 5.69 Å². The second-order valence-corrected chi connectivity index (χ2v) is 4.28. The zero-order valence-electron chi connectivity index (χ0n) is 8.98. The van der Waals surface area contributed by atoms with Crippen LogP contribution in [0.15, 0.2) is 35.3 Å². The van der Waals surface area contributed by atoms with Crippen molar-refractivity contribution >= 4 is 27.6 Å². The zero-order chi connectivity index (χ0) is 12.8. The van der Waals surface area contributed by atoms with Gasteiger partial charge in [-0.05, 0) is 24.6 Å². The molecule has 1 rings (SSSR count). The summed E-state index contributed by atoms with van der Waals surface area (Å²) < 4.78 is 0.779. The first-order valence-electron chi connectivity index (χ1n) is 4.88. The molecule has 2 N–H and O–H groups in total. The number of aliphatic carboxylic acids is 1. The number of carboxylic acids is 1. The van der Waals surface area contributed by atoms with E-state index in [2.05, 4.69) is 27.8 Å². The van der Waals surface area contributed by atoms with Crippen LogP contribution in [0, 0.1) is 11.3 Å². The van der Waals surface area contributed by atoms with Gasteiger partial charge in [-0.15, -0.1) is 6.58 Å². The molecule has 0 aliphatic heterocycles. The number of hydrogen-bond donors (Lipinski definition) is 2. The molecule has 88 valence electrons. The van der Waals surface area contributed by atoms with Gasteiger partial charge in [-0.1, -0.05) is 22.0 Å². The first-order chi connectivity index (χ1) is 8.08. The van der Waals surface area contributed by atoms with Crippen molar-refractivity contribution in [1.29, 1.82) is 5.26 Å². The van der Waals surface area contributed by atoms with Crippen molar-refractivity contribution in [3.05, 3.63) is 40.9 Å². The van der Waals surface area contributed by atoms with Gasteiger partial charge >= 0.3 is 5.97 Å². The van der Waals surface area contributed by atoms with E-state index >= 15 is 0 Å². The second-order valence-electron chi connectivity index (χ2n) is 3.36. The highest BCUT2D eigenvalue weighted by atomic mass is 79.9. The Morgan fingerprint density at radius 1 is 1.71 bits per heavy atom. The van der Waals surface area contributed by atoms with Gasteiger partial charge in [-0.3, -0.25) is 0 Å². The number of nitriles is 1. The molecule has 0 saturated carbocycles. The summed E-state index contributed by atoms with van der Waals surface area (Å²) in [5, 5.41) is 20.7.